The Bertz CT molecular complexity index is 358. The minimum Gasteiger partial charge on any atom is -0.491 e. The van der Waals surface area contributed by atoms with Gasteiger partial charge < -0.3 is 15.2 Å². The van der Waals surface area contributed by atoms with E-state index in [9.17, 15) is 5.11 Å². The molecule has 0 fully saturated rings. The maximum Gasteiger partial charge on any atom is 0.119 e. The molecule has 1 atom stereocenters. The Morgan fingerprint density at radius 2 is 1.89 bits per heavy atom. The molecular weight excluding hydrogens is 238 g/mol. The van der Waals surface area contributed by atoms with E-state index in [-0.39, 0.29) is 0 Å². The molecule has 3 nitrogen and oxygen atoms in total. The smallest absolute Gasteiger partial charge is 0.119 e. The van der Waals surface area contributed by atoms with Gasteiger partial charge in [-0.15, -0.1) is 0 Å². The second-order valence-corrected chi connectivity index (χ2v) is 5.69. The molecule has 0 bridgehead atoms. The third kappa shape index (κ3) is 6.08. The summed E-state index contributed by atoms with van der Waals surface area (Å²) in [6.07, 6.45) is 1.06. The van der Waals surface area contributed by atoms with Gasteiger partial charge in [0.2, 0.25) is 0 Å². The Morgan fingerprint density at radius 3 is 2.42 bits per heavy atom. The van der Waals surface area contributed by atoms with Gasteiger partial charge in [0.15, 0.2) is 0 Å². The zero-order valence-corrected chi connectivity index (χ0v) is 12.6. The average Bonchev–Trinajstić information content (AvgIpc) is 2.37. The molecule has 3 heteroatoms. The summed E-state index contributed by atoms with van der Waals surface area (Å²) in [7, 11) is 0. The van der Waals surface area contributed by atoms with Crippen molar-refractivity contribution in [2.75, 3.05) is 19.7 Å². The van der Waals surface area contributed by atoms with Crippen molar-refractivity contribution < 1.29 is 9.84 Å². The molecule has 0 aliphatic rings. The first-order chi connectivity index (χ1) is 8.94. The van der Waals surface area contributed by atoms with E-state index in [1.165, 1.54) is 5.56 Å². The molecule has 1 aromatic rings. The Morgan fingerprint density at radius 1 is 1.26 bits per heavy atom. The van der Waals surface area contributed by atoms with Crippen LogP contribution in [0.1, 0.15) is 45.6 Å². The molecule has 0 aliphatic carbocycles. The summed E-state index contributed by atoms with van der Waals surface area (Å²) in [6.45, 7) is 9.99. The second kappa shape index (κ2) is 7.51. The molecule has 19 heavy (non-hydrogen) atoms. The zero-order valence-electron chi connectivity index (χ0n) is 12.6. The van der Waals surface area contributed by atoms with Gasteiger partial charge in [-0.2, -0.15) is 0 Å². The van der Waals surface area contributed by atoms with E-state index in [1.807, 2.05) is 12.1 Å². The van der Waals surface area contributed by atoms with Gasteiger partial charge in [0.25, 0.3) is 0 Å². The monoisotopic (exact) mass is 265 g/mol. The number of ether oxygens (including phenoxy) is 1. The van der Waals surface area contributed by atoms with Crippen LogP contribution in [0.3, 0.4) is 0 Å². The second-order valence-electron chi connectivity index (χ2n) is 5.69. The Balaban J connectivity index is 2.42. The lowest BCUT2D eigenvalue weighted by atomic mass is 10.0. The van der Waals surface area contributed by atoms with E-state index in [2.05, 4.69) is 38.2 Å². The highest BCUT2D eigenvalue weighted by Crippen LogP contribution is 2.19. The number of nitrogens with one attached hydrogen (secondary N) is 1. The normalized spacial score (nSPS) is 14.4. The Hall–Kier alpha value is -1.06. The molecule has 0 saturated carbocycles. The van der Waals surface area contributed by atoms with Gasteiger partial charge in [0.05, 0.1) is 0 Å². The van der Waals surface area contributed by atoms with Crippen molar-refractivity contribution in [2.24, 2.45) is 0 Å². The summed E-state index contributed by atoms with van der Waals surface area (Å²) in [5, 5.41) is 13.4. The van der Waals surface area contributed by atoms with Gasteiger partial charge in [0, 0.05) is 6.54 Å². The lowest BCUT2D eigenvalue weighted by Crippen LogP contribution is -2.43. The lowest BCUT2D eigenvalue weighted by molar-refractivity contribution is 0.0125. The fraction of sp³-hybridized carbons (Fsp3) is 0.625. The number of rotatable bonds is 8. The third-order valence-electron chi connectivity index (χ3n) is 3.03. The van der Waals surface area contributed by atoms with Crippen LogP contribution in [0.4, 0.5) is 0 Å². The molecule has 0 heterocycles. The van der Waals surface area contributed by atoms with Gasteiger partial charge >= 0.3 is 0 Å². The maximum absolute atomic E-state index is 10.2. The average molecular weight is 265 g/mol. The highest BCUT2D eigenvalue weighted by Gasteiger charge is 2.20. The molecule has 0 radical (unpaired) electrons. The molecule has 0 aliphatic heterocycles. The SMILES string of the molecule is CCCNCC(C)(O)COc1ccc(C(C)C)cc1. The van der Waals surface area contributed by atoms with Crippen molar-refractivity contribution in [3.8, 4) is 5.75 Å². The maximum atomic E-state index is 10.2. The molecule has 1 rings (SSSR count). The van der Waals surface area contributed by atoms with Gasteiger partial charge in [0.1, 0.15) is 18.0 Å². The van der Waals surface area contributed by atoms with Crippen LogP contribution in [0.25, 0.3) is 0 Å². The first kappa shape index (κ1) is 16.0. The van der Waals surface area contributed by atoms with Crippen LogP contribution in [0.15, 0.2) is 24.3 Å². The molecule has 0 amide bonds. The van der Waals surface area contributed by atoms with E-state index in [1.54, 1.807) is 6.92 Å². The quantitative estimate of drug-likeness (QED) is 0.710. The van der Waals surface area contributed by atoms with Crippen LogP contribution in [-0.4, -0.2) is 30.4 Å². The molecule has 108 valence electrons. The van der Waals surface area contributed by atoms with Crippen molar-refractivity contribution >= 4 is 0 Å². The summed E-state index contributed by atoms with van der Waals surface area (Å²) in [6, 6.07) is 8.07. The topological polar surface area (TPSA) is 41.5 Å². The van der Waals surface area contributed by atoms with Gasteiger partial charge in [-0.05, 0) is 43.5 Å². The number of benzene rings is 1. The summed E-state index contributed by atoms with van der Waals surface area (Å²) in [5.41, 5.74) is 0.454. The molecule has 0 saturated heterocycles. The lowest BCUT2D eigenvalue weighted by Gasteiger charge is -2.24. The van der Waals surface area contributed by atoms with Crippen molar-refractivity contribution in [3.63, 3.8) is 0 Å². The van der Waals surface area contributed by atoms with E-state index >= 15 is 0 Å². The molecule has 1 unspecified atom stereocenters. The summed E-state index contributed by atoms with van der Waals surface area (Å²) >= 11 is 0. The third-order valence-corrected chi connectivity index (χ3v) is 3.03. The first-order valence-corrected chi connectivity index (χ1v) is 7.10. The molecule has 0 aromatic heterocycles. The van der Waals surface area contributed by atoms with Crippen LogP contribution >= 0.6 is 0 Å². The number of hydrogen-bond acceptors (Lipinski definition) is 3. The van der Waals surface area contributed by atoms with E-state index in [4.69, 9.17) is 4.74 Å². The fourth-order valence-corrected chi connectivity index (χ4v) is 1.77. The molecular formula is C16H27NO2. The number of hydrogen-bond donors (Lipinski definition) is 2. The minimum absolute atomic E-state index is 0.296. The molecule has 1 aromatic carbocycles. The minimum atomic E-state index is -0.841. The van der Waals surface area contributed by atoms with Crippen molar-refractivity contribution in [1.29, 1.82) is 0 Å². The summed E-state index contributed by atoms with van der Waals surface area (Å²) in [4.78, 5) is 0. The molecule has 2 N–H and O–H groups in total. The van der Waals surface area contributed by atoms with E-state index in [0.717, 1.165) is 18.7 Å². The largest absolute Gasteiger partial charge is 0.491 e. The van der Waals surface area contributed by atoms with Crippen molar-refractivity contribution in [3.05, 3.63) is 29.8 Å². The summed E-state index contributed by atoms with van der Waals surface area (Å²) < 4.78 is 5.65. The predicted molar refractivity (Wildman–Crippen MR) is 79.8 cm³/mol. The first-order valence-electron chi connectivity index (χ1n) is 7.10. The van der Waals surface area contributed by atoms with Crippen molar-refractivity contribution in [1.82, 2.24) is 5.32 Å². The van der Waals surface area contributed by atoms with E-state index in [0.29, 0.717) is 19.1 Å². The molecule has 0 spiro atoms. The highest BCUT2D eigenvalue weighted by atomic mass is 16.5. The van der Waals surface area contributed by atoms with Crippen LogP contribution < -0.4 is 10.1 Å². The van der Waals surface area contributed by atoms with Gasteiger partial charge in [-0.3, -0.25) is 0 Å². The van der Waals surface area contributed by atoms with Crippen LogP contribution in [0, 0.1) is 0 Å². The van der Waals surface area contributed by atoms with Crippen LogP contribution in [0.2, 0.25) is 0 Å². The Kier molecular flexibility index (Phi) is 6.32. The summed E-state index contributed by atoms with van der Waals surface area (Å²) in [5.74, 6) is 1.33. The number of aliphatic hydroxyl groups is 1. The van der Waals surface area contributed by atoms with E-state index < -0.39 is 5.60 Å². The van der Waals surface area contributed by atoms with Crippen LogP contribution in [-0.2, 0) is 0 Å². The van der Waals surface area contributed by atoms with Crippen molar-refractivity contribution in [2.45, 2.75) is 45.6 Å². The van der Waals surface area contributed by atoms with Crippen LogP contribution in [0.5, 0.6) is 5.75 Å². The Labute approximate surface area is 117 Å². The fourth-order valence-electron chi connectivity index (χ4n) is 1.77. The van der Waals surface area contributed by atoms with Gasteiger partial charge in [-0.25, -0.2) is 0 Å². The van der Waals surface area contributed by atoms with Gasteiger partial charge in [-0.1, -0.05) is 32.9 Å². The predicted octanol–water partition coefficient (Wildman–Crippen LogP) is 2.94. The highest BCUT2D eigenvalue weighted by molar-refractivity contribution is 5.28. The standard InChI is InChI=1S/C16H27NO2/c1-5-10-17-11-16(4,18)12-19-15-8-6-14(7-9-15)13(2)3/h6-9,13,17-18H,5,10-12H2,1-4H3. The zero-order chi connectivity index (χ0) is 14.3.